The molecule has 0 radical (unpaired) electrons. The molecule has 0 bridgehead atoms. The predicted molar refractivity (Wildman–Crippen MR) is 93.7 cm³/mol. The molecule has 0 spiro atoms. The van der Waals surface area contributed by atoms with Crippen molar-refractivity contribution in [1.29, 1.82) is 0 Å². The number of hydrogen-bond acceptors (Lipinski definition) is 3. The summed E-state index contributed by atoms with van der Waals surface area (Å²) in [6, 6.07) is 12.8. The monoisotopic (exact) mass is 324 g/mol. The number of amides is 2. The van der Waals surface area contributed by atoms with Crippen molar-refractivity contribution >= 4 is 23.2 Å². The minimum Gasteiger partial charge on any atom is -0.482 e. The molecule has 24 heavy (non-hydrogen) atoms. The average molecular weight is 324 g/mol. The molecular formula is C19H20N2O3. The van der Waals surface area contributed by atoms with Crippen LogP contribution in [0.1, 0.15) is 36.7 Å². The van der Waals surface area contributed by atoms with Gasteiger partial charge in [-0.15, -0.1) is 0 Å². The maximum Gasteiger partial charge on any atom is 0.262 e. The van der Waals surface area contributed by atoms with E-state index in [-0.39, 0.29) is 23.8 Å². The Balaban J connectivity index is 1.75. The fourth-order valence-corrected chi connectivity index (χ4v) is 2.48. The standard InChI is InChI=1S/C19H20N2O3/c1-19(2,3)13-5-7-14(8-6-13)20-18(23)12-4-9-16-15(10-12)21-17(22)11-24-16/h4-10H,11H2,1-3H3,(H,20,23)(H,21,22). The number of ether oxygens (including phenoxy) is 1. The molecule has 124 valence electrons. The van der Waals surface area contributed by atoms with Crippen molar-refractivity contribution in [2.45, 2.75) is 26.2 Å². The van der Waals surface area contributed by atoms with Gasteiger partial charge in [-0.1, -0.05) is 32.9 Å². The summed E-state index contributed by atoms with van der Waals surface area (Å²) in [5.74, 6) is 0.111. The summed E-state index contributed by atoms with van der Waals surface area (Å²) in [6.07, 6.45) is 0. The third-order valence-electron chi connectivity index (χ3n) is 3.88. The van der Waals surface area contributed by atoms with Crippen LogP contribution in [-0.4, -0.2) is 18.4 Å². The smallest absolute Gasteiger partial charge is 0.262 e. The molecule has 0 unspecified atom stereocenters. The molecule has 2 aromatic rings. The SMILES string of the molecule is CC(C)(C)c1ccc(NC(=O)c2ccc3c(c2)NC(=O)CO3)cc1. The first-order valence-corrected chi connectivity index (χ1v) is 7.81. The molecule has 1 aliphatic rings. The molecule has 3 rings (SSSR count). The Morgan fingerprint density at radius 3 is 2.50 bits per heavy atom. The van der Waals surface area contributed by atoms with Gasteiger partial charge in [-0.2, -0.15) is 0 Å². The number of fused-ring (bicyclic) bond motifs is 1. The molecule has 0 saturated heterocycles. The van der Waals surface area contributed by atoms with E-state index < -0.39 is 0 Å². The van der Waals surface area contributed by atoms with Crippen LogP contribution in [0.5, 0.6) is 5.75 Å². The number of hydrogen-bond donors (Lipinski definition) is 2. The summed E-state index contributed by atoms with van der Waals surface area (Å²) in [5.41, 5.74) is 2.97. The van der Waals surface area contributed by atoms with E-state index in [4.69, 9.17) is 4.74 Å². The maximum atomic E-state index is 12.4. The van der Waals surface area contributed by atoms with E-state index in [1.807, 2.05) is 24.3 Å². The maximum absolute atomic E-state index is 12.4. The van der Waals surface area contributed by atoms with Crippen LogP contribution in [-0.2, 0) is 10.2 Å². The van der Waals surface area contributed by atoms with Gasteiger partial charge in [0.05, 0.1) is 5.69 Å². The minimum absolute atomic E-state index is 0.00132. The number of carbonyl (C=O) groups excluding carboxylic acids is 2. The van der Waals surface area contributed by atoms with Gasteiger partial charge in [0.15, 0.2) is 6.61 Å². The first kappa shape index (κ1) is 16.1. The van der Waals surface area contributed by atoms with E-state index >= 15 is 0 Å². The lowest BCUT2D eigenvalue weighted by molar-refractivity contribution is -0.118. The van der Waals surface area contributed by atoms with Crippen molar-refractivity contribution in [1.82, 2.24) is 0 Å². The molecule has 5 heteroatoms. The van der Waals surface area contributed by atoms with E-state index in [1.165, 1.54) is 5.56 Å². The highest BCUT2D eigenvalue weighted by Crippen LogP contribution is 2.29. The highest BCUT2D eigenvalue weighted by molar-refractivity contribution is 6.06. The fourth-order valence-electron chi connectivity index (χ4n) is 2.48. The summed E-state index contributed by atoms with van der Waals surface area (Å²) < 4.78 is 5.29. The van der Waals surface area contributed by atoms with Gasteiger partial charge in [0.1, 0.15) is 5.75 Å². The van der Waals surface area contributed by atoms with Crippen molar-refractivity contribution in [3.8, 4) is 5.75 Å². The molecule has 0 aromatic heterocycles. The molecule has 0 aliphatic carbocycles. The number of anilines is 2. The van der Waals surface area contributed by atoms with E-state index in [0.29, 0.717) is 17.0 Å². The molecule has 0 saturated carbocycles. The van der Waals surface area contributed by atoms with E-state index in [1.54, 1.807) is 18.2 Å². The van der Waals surface area contributed by atoms with Crippen LogP contribution in [0, 0.1) is 0 Å². The van der Waals surface area contributed by atoms with Crippen molar-refractivity contribution in [3.05, 3.63) is 53.6 Å². The first-order chi connectivity index (χ1) is 11.3. The Bertz CT molecular complexity index is 789. The molecule has 2 aromatic carbocycles. The van der Waals surface area contributed by atoms with Crippen LogP contribution in [0.4, 0.5) is 11.4 Å². The second-order valence-corrected chi connectivity index (χ2v) is 6.83. The van der Waals surface area contributed by atoms with Crippen molar-refractivity contribution in [3.63, 3.8) is 0 Å². The lowest BCUT2D eigenvalue weighted by Crippen LogP contribution is -2.25. The quantitative estimate of drug-likeness (QED) is 0.887. The molecule has 2 amide bonds. The highest BCUT2D eigenvalue weighted by atomic mass is 16.5. The summed E-state index contributed by atoms with van der Waals surface area (Å²) in [6.45, 7) is 6.43. The van der Waals surface area contributed by atoms with Crippen LogP contribution in [0.15, 0.2) is 42.5 Å². The summed E-state index contributed by atoms with van der Waals surface area (Å²) >= 11 is 0. The predicted octanol–water partition coefficient (Wildman–Crippen LogP) is 3.57. The Hall–Kier alpha value is -2.82. The zero-order valence-corrected chi connectivity index (χ0v) is 14.0. The Morgan fingerprint density at radius 2 is 1.83 bits per heavy atom. The molecule has 0 atom stereocenters. The number of carbonyl (C=O) groups is 2. The van der Waals surface area contributed by atoms with E-state index in [2.05, 4.69) is 31.4 Å². The molecule has 5 nitrogen and oxygen atoms in total. The van der Waals surface area contributed by atoms with Gasteiger partial charge in [-0.3, -0.25) is 9.59 Å². The number of rotatable bonds is 2. The topological polar surface area (TPSA) is 67.4 Å². The fraction of sp³-hybridized carbons (Fsp3) is 0.263. The molecule has 2 N–H and O–H groups in total. The van der Waals surface area contributed by atoms with Gasteiger partial charge >= 0.3 is 0 Å². The third kappa shape index (κ3) is 3.40. The van der Waals surface area contributed by atoms with Gasteiger partial charge < -0.3 is 15.4 Å². The zero-order valence-electron chi connectivity index (χ0n) is 14.0. The lowest BCUT2D eigenvalue weighted by Gasteiger charge is -2.19. The van der Waals surface area contributed by atoms with Gasteiger partial charge in [0.2, 0.25) is 0 Å². The highest BCUT2D eigenvalue weighted by Gasteiger charge is 2.18. The number of nitrogens with one attached hydrogen (secondary N) is 2. The van der Waals surface area contributed by atoms with Crippen LogP contribution in [0.3, 0.4) is 0 Å². The average Bonchev–Trinajstić information content (AvgIpc) is 2.53. The molecule has 0 fully saturated rings. The third-order valence-corrected chi connectivity index (χ3v) is 3.88. The first-order valence-electron chi connectivity index (χ1n) is 7.81. The normalized spacial score (nSPS) is 13.5. The lowest BCUT2D eigenvalue weighted by atomic mass is 9.87. The van der Waals surface area contributed by atoms with Crippen molar-refractivity contribution in [2.75, 3.05) is 17.2 Å². The van der Waals surface area contributed by atoms with Crippen molar-refractivity contribution < 1.29 is 14.3 Å². The summed E-state index contributed by atoms with van der Waals surface area (Å²) in [4.78, 5) is 23.8. The zero-order chi connectivity index (χ0) is 17.3. The summed E-state index contributed by atoms with van der Waals surface area (Å²) in [7, 11) is 0. The molecular weight excluding hydrogens is 304 g/mol. The molecule has 1 aliphatic heterocycles. The van der Waals surface area contributed by atoms with Crippen LogP contribution >= 0.6 is 0 Å². The minimum atomic E-state index is -0.235. The Morgan fingerprint density at radius 1 is 1.12 bits per heavy atom. The van der Waals surface area contributed by atoms with E-state index in [0.717, 1.165) is 5.69 Å². The summed E-state index contributed by atoms with van der Waals surface area (Å²) in [5, 5.41) is 5.56. The largest absolute Gasteiger partial charge is 0.482 e. The van der Waals surface area contributed by atoms with Crippen LogP contribution in [0.2, 0.25) is 0 Å². The van der Waals surface area contributed by atoms with Gasteiger partial charge in [-0.05, 0) is 41.3 Å². The second-order valence-electron chi connectivity index (χ2n) is 6.83. The Kier molecular flexibility index (Phi) is 4.01. The Labute approximate surface area is 141 Å². The van der Waals surface area contributed by atoms with Gasteiger partial charge in [0, 0.05) is 11.3 Å². The van der Waals surface area contributed by atoms with Gasteiger partial charge in [0.25, 0.3) is 11.8 Å². The van der Waals surface area contributed by atoms with Crippen LogP contribution in [0.25, 0.3) is 0 Å². The van der Waals surface area contributed by atoms with Gasteiger partial charge in [-0.25, -0.2) is 0 Å². The van der Waals surface area contributed by atoms with Crippen molar-refractivity contribution in [2.24, 2.45) is 0 Å². The van der Waals surface area contributed by atoms with E-state index in [9.17, 15) is 9.59 Å². The second kappa shape index (κ2) is 6.00. The number of benzene rings is 2. The van der Waals surface area contributed by atoms with Crippen LogP contribution < -0.4 is 15.4 Å². The molecule has 1 heterocycles.